The van der Waals surface area contributed by atoms with E-state index in [1.54, 1.807) is 13.3 Å². The van der Waals surface area contributed by atoms with Crippen LogP contribution >= 0.6 is 23.4 Å². The zero-order valence-electron chi connectivity index (χ0n) is 19.3. The van der Waals surface area contributed by atoms with Crippen LogP contribution in [0.4, 0.5) is 5.82 Å². The van der Waals surface area contributed by atoms with Gasteiger partial charge in [0.15, 0.2) is 0 Å². The fourth-order valence-electron chi connectivity index (χ4n) is 4.66. The van der Waals surface area contributed by atoms with Crippen LogP contribution in [0.25, 0.3) is 11.0 Å². The normalized spacial score (nSPS) is 22.1. The number of nitrogens with zero attached hydrogens (tertiary/aromatic N) is 4. The number of piperidine rings is 1. The summed E-state index contributed by atoms with van der Waals surface area (Å²) in [4.78, 5) is 20.0. The number of ether oxygens (including phenoxy) is 3. The topological polar surface area (TPSA) is 111 Å². The van der Waals surface area contributed by atoms with Crippen molar-refractivity contribution in [3.05, 3.63) is 29.5 Å². The molecule has 11 heteroatoms. The first-order valence-electron chi connectivity index (χ1n) is 11.4. The van der Waals surface area contributed by atoms with E-state index >= 15 is 0 Å². The number of nitrogens with two attached hydrogens (primary N) is 1. The Labute approximate surface area is 207 Å². The molecule has 5 rings (SSSR count). The number of fused-ring (bicyclic) bond motifs is 1. The van der Waals surface area contributed by atoms with Crippen LogP contribution in [0.2, 0.25) is 5.02 Å². The molecule has 2 atom stereocenters. The van der Waals surface area contributed by atoms with Gasteiger partial charge in [0, 0.05) is 36.6 Å². The quantitative estimate of drug-likeness (QED) is 0.467. The first-order chi connectivity index (χ1) is 16.5. The van der Waals surface area contributed by atoms with E-state index in [-0.39, 0.29) is 17.6 Å². The molecule has 1 spiro atoms. The number of imidazole rings is 1. The van der Waals surface area contributed by atoms with Crippen LogP contribution in [0, 0.1) is 5.41 Å². The van der Waals surface area contributed by atoms with E-state index in [9.17, 15) is 0 Å². The van der Waals surface area contributed by atoms with Crippen LogP contribution in [-0.2, 0) is 9.47 Å². The van der Waals surface area contributed by atoms with Gasteiger partial charge in [-0.2, -0.15) is 4.98 Å². The summed E-state index contributed by atoms with van der Waals surface area (Å²) in [7, 11) is 1.63. The maximum Gasteiger partial charge on any atom is 0.294 e. The maximum atomic E-state index is 6.64. The summed E-state index contributed by atoms with van der Waals surface area (Å²) in [5.74, 6) is 0.881. The van der Waals surface area contributed by atoms with Crippen molar-refractivity contribution in [1.29, 1.82) is 0 Å². The number of hydrogen-bond donors (Lipinski definition) is 2. The van der Waals surface area contributed by atoms with E-state index in [2.05, 4.69) is 31.8 Å². The molecule has 34 heavy (non-hydrogen) atoms. The zero-order chi connectivity index (χ0) is 23.7. The predicted molar refractivity (Wildman–Crippen MR) is 132 cm³/mol. The molecule has 4 heterocycles. The summed E-state index contributed by atoms with van der Waals surface area (Å²) < 4.78 is 16.4. The lowest BCUT2D eigenvalue weighted by atomic mass is 9.73. The number of aromatic amines is 1. The number of nitrogens with one attached hydrogen (secondary N) is 1. The van der Waals surface area contributed by atoms with Crippen molar-refractivity contribution in [3.8, 4) is 6.01 Å². The number of H-pyrrole nitrogens is 1. The van der Waals surface area contributed by atoms with Gasteiger partial charge < -0.3 is 29.8 Å². The number of hydrogen-bond acceptors (Lipinski definition) is 9. The third-order valence-corrected chi connectivity index (χ3v) is 8.30. The molecular formula is C23H29ClN6O3S. The maximum absolute atomic E-state index is 6.64. The second-order valence-corrected chi connectivity index (χ2v) is 10.3. The fraction of sp³-hybridized carbons (Fsp3) is 0.522. The molecule has 2 aliphatic rings. The second kappa shape index (κ2) is 9.87. The molecule has 0 bridgehead atoms. The van der Waals surface area contributed by atoms with E-state index in [1.807, 2.05) is 18.3 Å². The van der Waals surface area contributed by atoms with Gasteiger partial charge in [0.05, 0.1) is 42.3 Å². The Hall–Kier alpha value is -2.11. The minimum Gasteiger partial charge on any atom is -0.462 e. The van der Waals surface area contributed by atoms with Crippen molar-refractivity contribution in [2.75, 3.05) is 44.9 Å². The Bertz CT molecular complexity index is 1140. The molecule has 2 aromatic heterocycles. The molecule has 0 unspecified atom stereocenters. The van der Waals surface area contributed by atoms with Crippen LogP contribution in [0.3, 0.4) is 0 Å². The molecule has 2 saturated heterocycles. The van der Waals surface area contributed by atoms with E-state index < -0.39 is 0 Å². The van der Waals surface area contributed by atoms with E-state index in [1.165, 1.54) is 11.8 Å². The Morgan fingerprint density at radius 1 is 1.26 bits per heavy atom. The number of anilines is 1. The highest BCUT2D eigenvalue weighted by Crippen LogP contribution is 2.42. The molecule has 182 valence electrons. The smallest absolute Gasteiger partial charge is 0.294 e. The van der Waals surface area contributed by atoms with Gasteiger partial charge in [-0.15, -0.1) is 0 Å². The van der Waals surface area contributed by atoms with Crippen molar-refractivity contribution >= 4 is 40.2 Å². The number of benzene rings is 1. The lowest BCUT2D eigenvalue weighted by molar-refractivity contribution is 0.0974. The molecule has 3 N–H and O–H groups in total. The number of aromatic nitrogens is 4. The van der Waals surface area contributed by atoms with Crippen molar-refractivity contribution in [3.63, 3.8) is 0 Å². The number of methoxy groups -OCH3 is 1. The van der Waals surface area contributed by atoms with Crippen molar-refractivity contribution in [2.24, 2.45) is 11.1 Å². The Morgan fingerprint density at radius 3 is 2.76 bits per heavy atom. The average molecular weight is 505 g/mol. The summed E-state index contributed by atoms with van der Waals surface area (Å²) in [5.41, 5.74) is 8.00. The zero-order valence-corrected chi connectivity index (χ0v) is 20.9. The SMILES string of the molecule is COCCOc1nc2c(Cl)c(Sc3cnc(N4CCC5(CC4)CO[C@@H](C)[C@H]5N)cn3)ccc2[nH]1. The molecule has 0 amide bonds. The first kappa shape index (κ1) is 23.6. The van der Waals surface area contributed by atoms with E-state index in [4.69, 9.17) is 31.5 Å². The Morgan fingerprint density at radius 2 is 2.09 bits per heavy atom. The molecule has 0 saturated carbocycles. The lowest BCUT2D eigenvalue weighted by Crippen LogP contribution is -2.50. The largest absolute Gasteiger partial charge is 0.462 e. The molecule has 9 nitrogen and oxygen atoms in total. The van der Waals surface area contributed by atoms with Crippen molar-refractivity contribution in [2.45, 2.75) is 41.8 Å². The number of rotatable bonds is 7. The minimum absolute atomic E-state index is 0.0927. The molecule has 3 aromatic rings. The summed E-state index contributed by atoms with van der Waals surface area (Å²) in [5, 5.41) is 1.32. The summed E-state index contributed by atoms with van der Waals surface area (Å²) >= 11 is 8.10. The third kappa shape index (κ3) is 4.57. The van der Waals surface area contributed by atoms with Crippen molar-refractivity contribution in [1.82, 2.24) is 19.9 Å². The summed E-state index contributed by atoms with van der Waals surface area (Å²) in [6, 6.07) is 4.40. The van der Waals surface area contributed by atoms with Crippen LogP contribution < -0.4 is 15.4 Å². The van der Waals surface area contributed by atoms with Gasteiger partial charge in [-0.3, -0.25) is 0 Å². The van der Waals surface area contributed by atoms with Gasteiger partial charge in [0.25, 0.3) is 6.01 Å². The predicted octanol–water partition coefficient (Wildman–Crippen LogP) is 3.52. The van der Waals surface area contributed by atoms with Crippen LogP contribution in [-0.4, -0.2) is 72.1 Å². The third-order valence-electron chi connectivity index (χ3n) is 6.82. The molecule has 2 aliphatic heterocycles. The van der Waals surface area contributed by atoms with Gasteiger partial charge >= 0.3 is 0 Å². The van der Waals surface area contributed by atoms with Gasteiger partial charge in [-0.1, -0.05) is 23.4 Å². The number of halogens is 1. The second-order valence-electron chi connectivity index (χ2n) is 8.86. The minimum atomic E-state index is 0.0927. The van der Waals surface area contributed by atoms with E-state index in [0.29, 0.717) is 29.8 Å². The van der Waals surface area contributed by atoms with Crippen molar-refractivity contribution < 1.29 is 14.2 Å². The summed E-state index contributed by atoms with van der Waals surface area (Å²) in [6.45, 7) is 5.53. The van der Waals surface area contributed by atoms with Crippen LogP contribution in [0.1, 0.15) is 19.8 Å². The Kier molecular flexibility index (Phi) is 6.85. The van der Waals surface area contributed by atoms with Gasteiger partial charge in [-0.05, 0) is 31.9 Å². The average Bonchev–Trinajstić information content (AvgIpc) is 3.39. The first-order valence-corrected chi connectivity index (χ1v) is 12.6. The van der Waals surface area contributed by atoms with Gasteiger partial charge in [-0.25, -0.2) is 9.97 Å². The molecule has 0 radical (unpaired) electrons. The molecule has 0 aliphatic carbocycles. The lowest BCUT2D eigenvalue weighted by Gasteiger charge is -2.41. The van der Waals surface area contributed by atoms with Gasteiger partial charge in [0.2, 0.25) is 0 Å². The van der Waals surface area contributed by atoms with Gasteiger partial charge in [0.1, 0.15) is 23.0 Å². The Balaban J connectivity index is 1.23. The fourth-order valence-corrected chi connectivity index (χ4v) is 5.74. The molecule has 1 aromatic carbocycles. The molecular weight excluding hydrogens is 476 g/mol. The summed E-state index contributed by atoms with van der Waals surface area (Å²) in [6.07, 6.45) is 5.77. The van der Waals surface area contributed by atoms with E-state index in [0.717, 1.165) is 53.8 Å². The molecule has 2 fully saturated rings. The highest BCUT2D eigenvalue weighted by Gasteiger charge is 2.47. The van der Waals surface area contributed by atoms with Crippen LogP contribution in [0.5, 0.6) is 6.01 Å². The highest BCUT2D eigenvalue weighted by atomic mass is 35.5. The monoisotopic (exact) mass is 504 g/mol. The standard InChI is InChI=1S/C23H29ClN6O3S/c1-14-21(25)23(13-33-14)5-7-30(8-6-23)17-11-27-18(12-26-17)34-16-4-3-15-20(19(16)24)29-22(28-15)32-10-9-31-2/h3-4,11-12,14,21H,5-10,13,25H2,1-2H3,(H,28,29)/t14-,21+/m0/s1. The highest BCUT2D eigenvalue weighted by molar-refractivity contribution is 7.99. The van der Waals surface area contributed by atoms with Crippen LogP contribution in [0.15, 0.2) is 34.4 Å².